The molecular formula is C16H12Br2OSTe. The van der Waals surface area contributed by atoms with Gasteiger partial charge < -0.3 is 0 Å². The first-order chi connectivity index (χ1) is 10.1. The van der Waals surface area contributed by atoms with Gasteiger partial charge in [-0.2, -0.15) is 0 Å². The summed E-state index contributed by atoms with van der Waals surface area (Å²) in [6, 6.07) is 18.5. The van der Waals surface area contributed by atoms with E-state index in [4.69, 9.17) is 0 Å². The maximum absolute atomic E-state index is 12.4. The molecule has 0 radical (unpaired) electrons. The van der Waals surface area contributed by atoms with Gasteiger partial charge in [-0.05, 0) is 0 Å². The Labute approximate surface area is 143 Å². The Hall–Kier alpha value is -0.180. The van der Waals surface area contributed by atoms with E-state index in [0.29, 0.717) is 4.47 Å². The molecular weight excluding hydrogens is 528 g/mol. The number of hydrogen-bond donors (Lipinski definition) is 0. The number of ketones is 1. The van der Waals surface area contributed by atoms with Crippen LogP contribution >= 0.6 is 36.8 Å². The first kappa shape index (κ1) is 15.7. The Morgan fingerprint density at radius 1 is 1.00 bits per heavy atom. The Kier molecular flexibility index (Phi) is 4.87. The predicted molar refractivity (Wildman–Crippen MR) is 101 cm³/mol. The molecule has 0 aliphatic carbocycles. The number of fused-ring (bicyclic) bond motifs is 1. The predicted octanol–water partition coefficient (Wildman–Crippen LogP) is 5.22. The average Bonchev–Trinajstić information content (AvgIpc) is 3.00. The molecule has 3 rings (SSSR count). The number of carbonyl (C=O) groups is 1. The summed E-state index contributed by atoms with van der Waals surface area (Å²) in [4.78, 5) is 13.3. The third kappa shape index (κ3) is 3.43. The van der Waals surface area contributed by atoms with E-state index in [0.717, 1.165) is 4.88 Å². The monoisotopic (exact) mass is 540 g/mol. The second-order valence-corrected chi connectivity index (χ2v) is 31.6. The van der Waals surface area contributed by atoms with Crippen molar-refractivity contribution >= 4 is 70.8 Å². The third-order valence-electron chi connectivity index (χ3n) is 3.18. The van der Waals surface area contributed by atoms with Crippen molar-refractivity contribution in [2.24, 2.45) is 0 Å². The Bertz CT molecular complexity index is 779. The average molecular weight is 540 g/mol. The van der Waals surface area contributed by atoms with Gasteiger partial charge in [-0.25, -0.2) is 0 Å². The van der Waals surface area contributed by atoms with Crippen LogP contribution in [0.3, 0.4) is 0 Å². The van der Waals surface area contributed by atoms with Gasteiger partial charge in [-0.15, -0.1) is 0 Å². The first-order valence-electron chi connectivity index (χ1n) is 6.33. The van der Waals surface area contributed by atoms with Gasteiger partial charge in [0.25, 0.3) is 0 Å². The number of halogens is 2. The molecule has 0 aliphatic heterocycles. The van der Waals surface area contributed by atoms with Crippen molar-refractivity contribution in [2.75, 3.05) is 0 Å². The molecule has 0 atom stereocenters. The molecule has 1 aromatic heterocycles. The topological polar surface area (TPSA) is 17.1 Å². The molecule has 0 spiro atoms. The Morgan fingerprint density at radius 3 is 2.52 bits per heavy atom. The molecule has 108 valence electrons. The van der Waals surface area contributed by atoms with E-state index in [1.54, 1.807) is 0 Å². The SMILES string of the molecule is O=C(C[Te](Br)(Br)c1cccc2ccccc12)c1cccs1. The Balaban J connectivity index is 1.98. The van der Waals surface area contributed by atoms with Gasteiger partial charge in [-0.1, -0.05) is 0 Å². The molecule has 0 saturated heterocycles. The van der Waals surface area contributed by atoms with E-state index < -0.39 is 13.8 Å². The molecule has 0 N–H and O–H groups in total. The fraction of sp³-hybridized carbons (Fsp3) is 0.0625. The summed E-state index contributed by atoms with van der Waals surface area (Å²) in [6.07, 6.45) is 0. The van der Waals surface area contributed by atoms with E-state index in [-0.39, 0.29) is 5.78 Å². The summed E-state index contributed by atoms with van der Waals surface area (Å²) in [5.74, 6) is 0.216. The van der Waals surface area contributed by atoms with Crippen LogP contribution in [0.4, 0.5) is 0 Å². The molecule has 0 bridgehead atoms. The quantitative estimate of drug-likeness (QED) is 0.328. The van der Waals surface area contributed by atoms with Crippen LogP contribution in [0.5, 0.6) is 0 Å². The van der Waals surface area contributed by atoms with E-state index in [1.165, 1.54) is 25.7 Å². The van der Waals surface area contributed by atoms with Gasteiger partial charge in [0.15, 0.2) is 0 Å². The van der Waals surface area contributed by atoms with Crippen molar-refractivity contribution in [2.45, 2.75) is 4.47 Å². The van der Waals surface area contributed by atoms with E-state index in [2.05, 4.69) is 55.8 Å². The van der Waals surface area contributed by atoms with Crippen LogP contribution in [0, 0.1) is 0 Å². The van der Waals surface area contributed by atoms with Gasteiger partial charge in [0.05, 0.1) is 0 Å². The minimum atomic E-state index is -2.78. The zero-order valence-corrected chi connectivity index (χ0v) is 17.3. The second kappa shape index (κ2) is 6.52. The molecule has 0 unspecified atom stereocenters. The van der Waals surface area contributed by atoms with Crippen LogP contribution in [0.25, 0.3) is 10.8 Å². The van der Waals surface area contributed by atoms with Crippen molar-refractivity contribution in [3.05, 3.63) is 64.9 Å². The number of rotatable bonds is 4. The first-order valence-corrected chi connectivity index (χ1v) is 20.5. The maximum atomic E-state index is 12.4. The summed E-state index contributed by atoms with van der Waals surface area (Å²) in [5.41, 5.74) is 0. The normalized spacial score (nSPS) is 12.5. The number of carbonyl (C=O) groups excluding carboxylic acids is 1. The van der Waals surface area contributed by atoms with Crippen molar-refractivity contribution < 1.29 is 4.79 Å². The number of hydrogen-bond acceptors (Lipinski definition) is 2. The summed E-state index contributed by atoms with van der Waals surface area (Å²) in [6.45, 7) is 0. The molecule has 1 nitrogen and oxygen atoms in total. The van der Waals surface area contributed by atoms with Crippen LogP contribution in [-0.2, 0) is 0 Å². The van der Waals surface area contributed by atoms with E-state index in [9.17, 15) is 4.79 Å². The minimum absolute atomic E-state index is 0.216. The summed E-state index contributed by atoms with van der Waals surface area (Å²) in [5, 5.41) is 4.39. The van der Waals surface area contributed by atoms with Crippen molar-refractivity contribution in [1.82, 2.24) is 0 Å². The van der Waals surface area contributed by atoms with Gasteiger partial charge in [-0.3, -0.25) is 0 Å². The van der Waals surface area contributed by atoms with Crippen molar-refractivity contribution in [1.29, 1.82) is 0 Å². The van der Waals surface area contributed by atoms with E-state index in [1.807, 2.05) is 29.6 Å². The van der Waals surface area contributed by atoms with Crippen LogP contribution in [0.2, 0.25) is 4.47 Å². The molecule has 5 heteroatoms. The molecule has 2 aromatic carbocycles. The van der Waals surface area contributed by atoms with Gasteiger partial charge in [0, 0.05) is 0 Å². The Morgan fingerprint density at radius 2 is 1.76 bits per heavy atom. The summed E-state index contributed by atoms with van der Waals surface area (Å²) < 4.78 is 1.82. The zero-order valence-electron chi connectivity index (χ0n) is 11.0. The number of Topliss-reactive ketones (excluding diaryl/α,β-unsaturated/α-hetero) is 1. The van der Waals surface area contributed by atoms with E-state index >= 15 is 0 Å². The molecule has 0 aliphatic rings. The molecule has 21 heavy (non-hydrogen) atoms. The number of benzene rings is 2. The van der Waals surface area contributed by atoms with Gasteiger partial charge in [0.1, 0.15) is 0 Å². The van der Waals surface area contributed by atoms with Crippen LogP contribution in [0.15, 0.2) is 60.0 Å². The zero-order chi connectivity index (χ0) is 14.9. The molecule has 3 aromatic rings. The number of thiophene rings is 1. The fourth-order valence-corrected chi connectivity index (χ4v) is 13.8. The van der Waals surface area contributed by atoms with Gasteiger partial charge in [0.2, 0.25) is 0 Å². The fourth-order valence-electron chi connectivity index (χ4n) is 2.21. The second-order valence-electron chi connectivity index (χ2n) is 4.60. The van der Waals surface area contributed by atoms with Crippen LogP contribution in [-0.4, -0.2) is 19.5 Å². The molecule has 1 heterocycles. The standard InChI is InChI=1S/C16H12Br2OSTe/c17-21(18,11-14(19)15-8-4-10-20-15)16-9-3-6-12-5-1-2-7-13(12)16/h1-10H,11H2. The van der Waals surface area contributed by atoms with Crippen molar-refractivity contribution in [3.63, 3.8) is 0 Å². The molecule has 0 saturated carbocycles. The molecule has 0 fully saturated rings. The molecule has 0 amide bonds. The van der Waals surface area contributed by atoms with Crippen molar-refractivity contribution in [3.8, 4) is 0 Å². The third-order valence-corrected chi connectivity index (χ3v) is 16.5. The van der Waals surface area contributed by atoms with Crippen LogP contribution in [0.1, 0.15) is 9.67 Å². The van der Waals surface area contributed by atoms with Crippen LogP contribution < -0.4 is 3.61 Å². The van der Waals surface area contributed by atoms with Gasteiger partial charge >= 0.3 is 145 Å². The summed E-state index contributed by atoms with van der Waals surface area (Å²) in [7, 11) is 0. The summed E-state index contributed by atoms with van der Waals surface area (Å²) >= 11 is 6.51.